The first-order chi connectivity index (χ1) is 12.4. The Kier molecular flexibility index (Phi) is 7.22. The minimum atomic E-state index is -0.0979. The lowest BCUT2D eigenvalue weighted by Gasteiger charge is -2.28. The number of hydrogen-bond acceptors (Lipinski definition) is 2. The molecule has 0 radical (unpaired) electrons. The highest BCUT2D eigenvalue weighted by Gasteiger charge is 2.20. The van der Waals surface area contributed by atoms with E-state index in [0.717, 1.165) is 11.3 Å². The Bertz CT molecular complexity index is 729. The number of amides is 2. The molecule has 0 aliphatic rings. The first-order valence-electron chi connectivity index (χ1n) is 8.75. The average molecular weight is 373 g/mol. The number of rotatable bonds is 7. The number of hydrogen-bond donors (Lipinski definition) is 0. The summed E-state index contributed by atoms with van der Waals surface area (Å²) in [5.74, 6) is -0.0663. The molecule has 138 valence electrons. The Balaban J connectivity index is 2.05. The van der Waals surface area contributed by atoms with Crippen molar-refractivity contribution in [2.75, 3.05) is 11.4 Å². The van der Waals surface area contributed by atoms with Gasteiger partial charge in [0.1, 0.15) is 0 Å². The Morgan fingerprint density at radius 1 is 1.00 bits per heavy atom. The Morgan fingerprint density at radius 2 is 1.62 bits per heavy atom. The number of nitrogens with zero attached hydrogens (tertiary/aromatic N) is 2. The number of benzene rings is 2. The lowest BCUT2D eigenvalue weighted by molar-refractivity contribution is -0.133. The van der Waals surface area contributed by atoms with E-state index in [2.05, 4.69) is 0 Å². The number of halogens is 1. The van der Waals surface area contributed by atoms with Gasteiger partial charge in [0, 0.05) is 43.2 Å². The fourth-order valence-electron chi connectivity index (χ4n) is 2.78. The highest BCUT2D eigenvalue weighted by molar-refractivity contribution is 6.30. The normalized spacial score (nSPS) is 10.7. The second-order valence-electron chi connectivity index (χ2n) is 6.50. The summed E-state index contributed by atoms with van der Waals surface area (Å²) >= 11 is 5.91. The maximum absolute atomic E-state index is 12.8. The van der Waals surface area contributed by atoms with Crippen molar-refractivity contribution in [1.82, 2.24) is 4.90 Å². The Morgan fingerprint density at radius 3 is 2.15 bits per heavy atom. The van der Waals surface area contributed by atoms with Gasteiger partial charge in [0.25, 0.3) is 0 Å². The van der Waals surface area contributed by atoms with Gasteiger partial charge in [-0.3, -0.25) is 9.59 Å². The number of carbonyl (C=O) groups excluding carboxylic acids is 2. The molecule has 0 unspecified atom stereocenters. The second-order valence-corrected chi connectivity index (χ2v) is 6.93. The summed E-state index contributed by atoms with van der Waals surface area (Å²) < 4.78 is 0. The van der Waals surface area contributed by atoms with Crippen LogP contribution in [0, 0.1) is 0 Å². The number of anilines is 1. The zero-order chi connectivity index (χ0) is 19.1. The molecule has 4 nitrogen and oxygen atoms in total. The van der Waals surface area contributed by atoms with Gasteiger partial charge in [-0.15, -0.1) is 0 Å². The molecule has 2 aromatic carbocycles. The van der Waals surface area contributed by atoms with Crippen LogP contribution >= 0.6 is 11.6 Å². The van der Waals surface area contributed by atoms with Gasteiger partial charge in [0.15, 0.2) is 0 Å². The van der Waals surface area contributed by atoms with E-state index in [0.29, 0.717) is 18.1 Å². The molecule has 26 heavy (non-hydrogen) atoms. The maximum atomic E-state index is 12.8. The van der Waals surface area contributed by atoms with E-state index in [1.54, 1.807) is 29.2 Å². The van der Waals surface area contributed by atoms with Crippen molar-refractivity contribution in [3.63, 3.8) is 0 Å². The molecule has 0 atom stereocenters. The van der Waals surface area contributed by atoms with Gasteiger partial charge in [-0.05, 0) is 43.7 Å². The van der Waals surface area contributed by atoms with Crippen molar-refractivity contribution in [3.8, 4) is 0 Å². The minimum absolute atomic E-state index is 0.0315. The van der Waals surface area contributed by atoms with Crippen molar-refractivity contribution < 1.29 is 9.59 Å². The highest BCUT2D eigenvalue weighted by Crippen LogP contribution is 2.19. The molecule has 0 saturated carbocycles. The molecule has 0 N–H and O–H groups in total. The van der Waals surface area contributed by atoms with Crippen LogP contribution in [0.2, 0.25) is 5.02 Å². The predicted molar refractivity (Wildman–Crippen MR) is 106 cm³/mol. The van der Waals surface area contributed by atoms with Gasteiger partial charge in [-0.2, -0.15) is 0 Å². The average Bonchev–Trinajstić information content (AvgIpc) is 2.61. The molecule has 0 aromatic heterocycles. The van der Waals surface area contributed by atoms with E-state index >= 15 is 0 Å². The van der Waals surface area contributed by atoms with Gasteiger partial charge in [-0.1, -0.05) is 41.9 Å². The van der Waals surface area contributed by atoms with Crippen molar-refractivity contribution in [2.24, 2.45) is 0 Å². The largest absolute Gasteiger partial charge is 0.336 e. The fraction of sp³-hybridized carbons (Fsp3) is 0.333. The summed E-state index contributed by atoms with van der Waals surface area (Å²) in [5, 5.41) is 0.613. The van der Waals surface area contributed by atoms with Crippen LogP contribution in [0.5, 0.6) is 0 Å². The minimum Gasteiger partial charge on any atom is -0.336 e. The summed E-state index contributed by atoms with van der Waals surface area (Å²) in [7, 11) is 0. The molecule has 2 amide bonds. The summed E-state index contributed by atoms with van der Waals surface area (Å²) in [6.07, 6.45) is 0.271. The smallest absolute Gasteiger partial charge is 0.224 e. The molecule has 0 aliphatic carbocycles. The first-order valence-corrected chi connectivity index (χ1v) is 9.13. The molecular weight excluding hydrogens is 348 g/mol. The maximum Gasteiger partial charge on any atom is 0.224 e. The van der Waals surface area contributed by atoms with Crippen molar-refractivity contribution in [1.29, 1.82) is 0 Å². The molecule has 0 heterocycles. The van der Waals surface area contributed by atoms with Crippen LogP contribution in [0.15, 0.2) is 54.6 Å². The monoisotopic (exact) mass is 372 g/mol. The fourth-order valence-corrected chi connectivity index (χ4v) is 2.91. The van der Waals surface area contributed by atoms with Crippen LogP contribution in [0.25, 0.3) is 0 Å². The third-order valence-electron chi connectivity index (χ3n) is 4.21. The van der Waals surface area contributed by atoms with E-state index in [1.807, 2.05) is 49.1 Å². The van der Waals surface area contributed by atoms with Crippen LogP contribution < -0.4 is 4.90 Å². The second kappa shape index (κ2) is 9.39. The standard InChI is InChI=1S/C21H25ClN2O2/c1-16(2)24(15-18-7-5-4-6-8-18)21(26)13-14-23(17(3)25)20-11-9-19(22)10-12-20/h4-12,16H,13-15H2,1-3H3. The van der Waals surface area contributed by atoms with Gasteiger partial charge in [0.05, 0.1) is 0 Å². The molecule has 0 aliphatic heterocycles. The van der Waals surface area contributed by atoms with Gasteiger partial charge in [0.2, 0.25) is 11.8 Å². The van der Waals surface area contributed by atoms with Crippen molar-refractivity contribution >= 4 is 29.1 Å². The zero-order valence-electron chi connectivity index (χ0n) is 15.5. The molecule has 0 bridgehead atoms. The van der Waals surface area contributed by atoms with Crippen LogP contribution in [0.4, 0.5) is 5.69 Å². The van der Waals surface area contributed by atoms with Crippen LogP contribution in [0.3, 0.4) is 0 Å². The molecule has 2 aromatic rings. The van der Waals surface area contributed by atoms with E-state index in [1.165, 1.54) is 6.92 Å². The lowest BCUT2D eigenvalue weighted by atomic mass is 10.1. The van der Waals surface area contributed by atoms with Gasteiger partial charge >= 0.3 is 0 Å². The van der Waals surface area contributed by atoms with Crippen molar-refractivity contribution in [2.45, 2.75) is 39.8 Å². The third-order valence-corrected chi connectivity index (χ3v) is 4.46. The quantitative estimate of drug-likeness (QED) is 0.716. The highest BCUT2D eigenvalue weighted by atomic mass is 35.5. The van der Waals surface area contributed by atoms with E-state index < -0.39 is 0 Å². The predicted octanol–water partition coefficient (Wildman–Crippen LogP) is 4.52. The summed E-state index contributed by atoms with van der Waals surface area (Å²) in [6, 6.07) is 17.1. The summed E-state index contributed by atoms with van der Waals surface area (Å²) in [4.78, 5) is 28.2. The SMILES string of the molecule is CC(=O)N(CCC(=O)N(Cc1ccccc1)C(C)C)c1ccc(Cl)cc1. The molecule has 0 saturated heterocycles. The third kappa shape index (κ3) is 5.60. The van der Waals surface area contributed by atoms with Crippen LogP contribution in [-0.2, 0) is 16.1 Å². The van der Waals surface area contributed by atoms with E-state index in [-0.39, 0.29) is 24.3 Å². The van der Waals surface area contributed by atoms with Gasteiger partial charge < -0.3 is 9.80 Å². The van der Waals surface area contributed by atoms with Crippen molar-refractivity contribution in [3.05, 3.63) is 65.2 Å². The van der Waals surface area contributed by atoms with E-state index in [9.17, 15) is 9.59 Å². The number of carbonyl (C=O) groups is 2. The summed E-state index contributed by atoms with van der Waals surface area (Å²) in [5.41, 5.74) is 1.84. The molecule has 2 rings (SSSR count). The Labute approximate surface area is 160 Å². The Hall–Kier alpha value is -2.33. The first kappa shape index (κ1) is 20.0. The molecule has 0 fully saturated rings. The van der Waals surface area contributed by atoms with Crippen LogP contribution in [-0.4, -0.2) is 29.3 Å². The topological polar surface area (TPSA) is 40.6 Å². The van der Waals surface area contributed by atoms with E-state index in [4.69, 9.17) is 11.6 Å². The molecule has 5 heteroatoms. The molecular formula is C21H25ClN2O2. The van der Waals surface area contributed by atoms with Crippen LogP contribution in [0.1, 0.15) is 32.8 Å². The summed E-state index contributed by atoms with van der Waals surface area (Å²) in [6.45, 7) is 6.42. The zero-order valence-corrected chi connectivity index (χ0v) is 16.2. The van der Waals surface area contributed by atoms with Gasteiger partial charge in [-0.25, -0.2) is 0 Å². The lowest BCUT2D eigenvalue weighted by Crippen LogP contribution is -2.39. The molecule has 0 spiro atoms.